The number of likely N-dealkylation sites (tertiary alicyclic amines) is 1. The van der Waals surface area contributed by atoms with Gasteiger partial charge in [0, 0.05) is 37.8 Å². The first-order chi connectivity index (χ1) is 20.6. The number of aliphatic hydroxyl groups is 1. The van der Waals surface area contributed by atoms with E-state index in [2.05, 4.69) is 25.7 Å². The van der Waals surface area contributed by atoms with Crippen molar-refractivity contribution in [3.63, 3.8) is 0 Å². The summed E-state index contributed by atoms with van der Waals surface area (Å²) in [6.07, 6.45) is 10.1. The predicted molar refractivity (Wildman–Crippen MR) is 168 cm³/mol. The number of nitrogens with zero attached hydrogens (tertiary/aromatic N) is 6. The Morgan fingerprint density at radius 2 is 1.77 bits per heavy atom. The van der Waals surface area contributed by atoms with Gasteiger partial charge in [0.25, 0.3) is 0 Å². The third kappa shape index (κ3) is 7.25. The lowest BCUT2D eigenvalue weighted by molar-refractivity contribution is -0.131. The molecular weight excluding hydrogens is 566 g/mol. The third-order valence-corrected chi connectivity index (χ3v) is 10.3. The maximum Gasteiger partial charge on any atom is 0.330 e. The summed E-state index contributed by atoms with van der Waals surface area (Å²) in [5.41, 5.74) is 2.24. The molecule has 1 saturated carbocycles. The van der Waals surface area contributed by atoms with Gasteiger partial charge in [-0.3, -0.25) is 9.28 Å². The van der Waals surface area contributed by atoms with Crippen LogP contribution in [-0.2, 0) is 14.8 Å². The van der Waals surface area contributed by atoms with Crippen LogP contribution in [0.4, 0.5) is 5.95 Å². The highest BCUT2D eigenvalue weighted by atomic mass is 32.2. The fourth-order valence-corrected chi connectivity index (χ4v) is 7.13. The summed E-state index contributed by atoms with van der Waals surface area (Å²) in [7, 11) is 0.463. The molecule has 2 fully saturated rings. The van der Waals surface area contributed by atoms with E-state index in [1.807, 2.05) is 15.8 Å². The Kier molecular flexibility index (Phi) is 9.79. The van der Waals surface area contributed by atoms with Crippen molar-refractivity contribution in [3.05, 3.63) is 30.5 Å². The summed E-state index contributed by atoms with van der Waals surface area (Å²) in [6.45, 7) is 4.67. The molecule has 5 rings (SSSR count). The number of amides is 1. The number of nitrogens with one attached hydrogen (secondary N) is 1. The first-order valence-corrected chi connectivity index (χ1v) is 17.2. The molecule has 234 valence electrons. The van der Waals surface area contributed by atoms with Crippen LogP contribution in [0.15, 0.2) is 35.4 Å². The lowest BCUT2D eigenvalue weighted by Crippen LogP contribution is -2.42. The van der Waals surface area contributed by atoms with Crippen molar-refractivity contribution in [1.82, 2.24) is 33.9 Å². The summed E-state index contributed by atoms with van der Waals surface area (Å²) in [4.78, 5) is 24.2. The molecule has 0 atom stereocenters. The highest BCUT2D eigenvalue weighted by Gasteiger charge is 2.29. The van der Waals surface area contributed by atoms with Crippen LogP contribution < -0.4 is 9.21 Å². The second-order valence-corrected chi connectivity index (χ2v) is 14.3. The summed E-state index contributed by atoms with van der Waals surface area (Å²) < 4.78 is 31.1. The maximum atomic E-state index is 13.0. The average Bonchev–Trinajstić information content (AvgIpc) is 3.40. The second kappa shape index (κ2) is 13.4. The van der Waals surface area contributed by atoms with Crippen LogP contribution in [0.25, 0.3) is 22.3 Å². The predicted octanol–water partition coefficient (Wildman–Crippen LogP) is 4.02. The van der Waals surface area contributed by atoms with Gasteiger partial charge in [0.2, 0.25) is 15.9 Å². The molecule has 1 aromatic carbocycles. The van der Waals surface area contributed by atoms with Crippen molar-refractivity contribution in [1.29, 1.82) is 0 Å². The Bertz CT molecular complexity index is 1510. The molecule has 2 N–H and O–H groups in total. The smallest absolute Gasteiger partial charge is 0.330 e. The van der Waals surface area contributed by atoms with Crippen molar-refractivity contribution in [3.8, 4) is 11.3 Å². The zero-order valence-corrected chi connectivity index (χ0v) is 26.5. The van der Waals surface area contributed by atoms with Gasteiger partial charge in [-0.15, -0.1) is 0 Å². The minimum Gasteiger partial charge on any atom is -0.393 e. The zero-order chi connectivity index (χ0) is 30.6. The van der Waals surface area contributed by atoms with E-state index in [1.165, 1.54) is 0 Å². The number of rotatable bonds is 11. The van der Waals surface area contributed by atoms with Crippen LogP contribution in [-0.4, -0.2) is 90.5 Å². The molecule has 0 radical (unpaired) electrons. The number of carbonyl (C=O) groups excluding carboxylic acids is 1. The number of sulfonamides is 1. The SMILES string of the molecule is CCCC[N+](C)(C)c1ncc2c(-c3ccc(S(=O)(=O)NCCC(=O)N4CCCCC4)cc3)nn(C3CCC(O)CC3)c2n1. The molecule has 12 heteroatoms. The third-order valence-electron chi connectivity index (χ3n) is 8.84. The Labute approximate surface area is 254 Å². The molecule has 2 aliphatic rings. The molecule has 0 spiro atoms. The number of piperidine rings is 1. The van der Waals surface area contributed by atoms with E-state index < -0.39 is 10.0 Å². The molecule has 3 aromatic rings. The first-order valence-electron chi connectivity index (χ1n) is 15.7. The van der Waals surface area contributed by atoms with Crippen molar-refractivity contribution in [2.75, 3.05) is 40.3 Å². The second-order valence-electron chi connectivity index (χ2n) is 12.5. The Hall–Kier alpha value is -2.93. The largest absolute Gasteiger partial charge is 0.393 e. The number of quaternary nitrogens is 1. The first kappa shape index (κ1) is 31.5. The fraction of sp³-hybridized carbons (Fsp3) is 0.613. The highest BCUT2D eigenvalue weighted by molar-refractivity contribution is 7.89. The fourth-order valence-electron chi connectivity index (χ4n) is 6.10. The zero-order valence-electron chi connectivity index (χ0n) is 25.7. The lowest BCUT2D eigenvalue weighted by atomic mass is 9.93. The Morgan fingerprint density at radius 1 is 1.07 bits per heavy atom. The molecule has 0 bridgehead atoms. The van der Waals surface area contributed by atoms with E-state index in [4.69, 9.17) is 15.1 Å². The van der Waals surface area contributed by atoms with Crippen LogP contribution >= 0.6 is 0 Å². The van der Waals surface area contributed by atoms with E-state index in [-0.39, 0.29) is 35.9 Å². The molecule has 1 saturated heterocycles. The van der Waals surface area contributed by atoms with Crippen LogP contribution in [0.1, 0.15) is 77.2 Å². The van der Waals surface area contributed by atoms with E-state index in [1.54, 1.807) is 24.3 Å². The Morgan fingerprint density at radius 3 is 2.44 bits per heavy atom. The van der Waals surface area contributed by atoms with Crippen LogP contribution in [0.5, 0.6) is 0 Å². The topological polar surface area (TPSA) is 130 Å². The number of unbranched alkanes of at least 4 members (excludes halogenated alkanes) is 1. The van der Waals surface area contributed by atoms with Gasteiger partial charge in [0.1, 0.15) is 5.69 Å². The van der Waals surface area contributed by atoms with Gasteiger partial charge in [-0.2, -0.15) is 15.1 Å². The van der Waals surface area contributed by atoms with Crippen molar-refractivity contribution >= 4 is 32.9 Å². The standard InChI is InChI=1S/C31H46N7O4S/c1-4-5-21-38(2,3)31-32-22-27-29(35-37(30(27)34-31)24-11-13-25(39)14-12-24)23-9-15-26(16-10-23)43(41,42)33-18-17-28(40)36-19-7-6-8-20-36/h9-10,15-16,22,24-25,33,39H,4-8,11-14,17-21H2,1-3H3/q+1. The number of hydrogen-bond acceptors (Lipinski definition) is 7. The van der Waals surface area contributed by atoms with Crippen molar-refractivity contribution in [2.45, 2.75) is 88.2 Å². The molecule has 43 heavy (non-hydrogen) atoms. The molecule has 1 aliphatic heterocycles. The van der Waals surface area contributed by atoms with Crippen LogP contribution in [0, 0.1) is 0 Å². The average molecular weight is 613 g/mol. The van der Waals surface area contributed by atoms with Crippen molar-refractivity contribution < 1.29 is 18.3 Å². The minimum absolute atomic E-state index is 0.00869. The van der Waals surface area contributed by atoms with Crippen molar-refractivity contribution in [2.24, 2.45) is 0 Å². The molecule has 2 aromatic heterocycles. The number of fused-ring (bicyclic) bond motifs is 1. The van der Waals surface area contributed by atoms with E-state index >= 15 is 0 Å². The highest BCUT2D eigenvalue weighted by Crippen LogP contribution is 2.35. The Balaban J connectivity index is 1.38. The molecule has 0 unspecified atom stereocenters. The van der Waals surface area contributed by atoms with E-state index in [9.17, 15) is 18.3 Å². The van der Waals surface area contributed by atoms with Crippen LogP contribution in [0.3, 0.4) is 0 Å². The van der Waals surface area contributed by atoms with Gasteiger partial charge in [-0.1, -0.05) is 25.5 Å². The van der Waals surface area contributed by atoms with Gasteiger partial charge < -0.3 is 10.0 Å². The lowest BCUT2D eigenvalue weighted by Gasteiger charge is -2.27. The number of aromatic nitrogens is 4. The quantitative estimate of drug-likeness (QED) is 0.313. The summed E-state index contributed by atoms with van der Waals surface area (Å²) >= 11 is 0. The minimum atomic E-state index is -3.77. The number of carbonyl (C=O) groups is 1. The molecule has 1 aliphatic carbocycles. The van der Waals surface area contributed by atoms with Gasteiger partial charge in [-0.05, 0) is 63.5 Å². The van der Waals surface area contributed by atoms with E-state index in [0.29, 0.717) is 10.2 Å². The maximum absolute atomic E-state index is 13.0. The molecule has 11 nitrogen and oxygen atoms in total. The molecule has 1 amide bonds. The molecule has 3 heterocycles. The van der Waals surface area contributed by atoms with E-state index in [0.717, 1.165) is 100.0 Å². The summed E-state index contributed by atoms with van der Waals surface area (Å²) in [5.74, 6) is 0.724. The summed E-state index contributed by atoms with van der Waals surface area (Å²) in [5, 5.41) is 15.9. The van der Waals surface area contributed by atoms with Crippen LogP contribution in [0.2, 0.25) is 0 Å². The van der Waals surface area contributed by atoms with Gasteiger partial charge >= 0.3 is 5.95 Å². The van der Waals surface area contributed by atoms with Gasteiger partial charge in [0.15, 0.2) is 5.65 Å². The monoisotopic (exact) mass is 612 g/mol. The normalized spacial score (nSPS) is 20.0. The van der Waals surface area contributed by atoms with Gasteiger partial charge in [0.05, 0.1) is 43.1 Å². The van der Waals surface area contributed by atoms with Gasteiger partial charge in [-0.25, -0.2) is 17.8 Å². The number of benzene rings is 1. The molecular formula is C31H46N7O4S+. The number of hydrogen-bond donors (Lipinski definition) is 2. The number of aliphatic hydroxyl groups excluding tert-OH is 1. The summed E-state index contributed by atoms with van der Waals surface area (Å²) in [6, 6.07) is 6.79.